The first kappa shape index (κ1) is 11.0. The molecule has 1 fully saturated rings. The van der Waals surface area contributed by atoms with Gasteiger partial charge in [-0.15, -0.1) is 0 Å². The van der Waals surface area contributed by atoms with Crippen molar-refractivity contribution in [1.82, 2.24) is 4.90 Å². The molecule has 1 heteroatoms. The van der Waals surface area contributed by atoms with Crippen LogP contribution in [0.25, 0.3) is 0 Å². The van der Waals surface area contributed by atoms with E-state index in [0.29, 0.717) is 5.41 Å². The van der Waals surface area contributed by atoms with Crippen molar-refractivity contribution in [3.63, 3.8) is 0 Å². The fraction of sp³-hybridized carbons (Fsp3) is 0.647. The predicted molar refractivity (Wildman–Crippen MR) is 74.9 cm³/mol. The van der Waals surface area contributed by atoms with Gasteiger partial charge in [-0.3, -0.25) is 4.90 Å². The number of hydrogen-bond donors (Lipinski definition) is 0. The lowest BCUT2D eigenvalue weighted by Gasteiger charge is -2.35. The van der Waals surface area contributed by atoms with Crippen molar-refractivity contribution in [1.29, 1.82) is 0 Å². The summed E-state index contributed by atoms with van der Waals surface area (Å²) in [6, 6.07) is 7.87. The maximum Gasteiger partial charge on any atom is 0.0359 e. The van der Waals surface area contributed by atoms with Crippen molar-refractivity contribution in [3.05, 3.63) is 34.9 Å². The molecular formula is C17H23N. The Morgan fingerprint density at radius 3 is 2.83 bits per heavy atom. The second-order valence-corrected chi connectivity index (χ2v) is 6.67. The summed E-state index contributed by atoms with van der Waals surface area (Å²) in [6.45, 7) is 1.25. The highest BCUT2D eigenvalue weighted by molar-refractivity contribution is 5.48. The highest BCUT2D eigenvalue weighted by Crippen LogP contribution is 2.56. The maximum atomic E-state index is 2.61. The maximum absolute atomic E-state index is 2.61. The van der Waals surface area contributed by atoms with Crippen LogP contribution in [-0.2, 0) is 11.8 Å². The van der Waals surface area contributed by atoms with Crippen molar-refractivity contribution < 1.29 is 0 Å². The summed E-state index contributed by atoms with van der Waals surface area (Å²) in [5.74, 6) is 0. The molecule has 96 valence electrons. The second kappa shape index (κ2) is 3.84. The van der Waals surface area contributed by atoms with E-state index in [-0.39, 0.29) is 0 Å². The lowest BCUT2D eigenvalue weighted by atomic mass is 9.70. The minimum Gasteiger partial charge on any atom is -0.299 e. The average molecular weight is 241 g/mol. The van der Waals surface area contributed by atoms with Crippen LogP contribution in [0.1, 0.15) is 61.3 Å². The van der Waals surface area contributed by atoms with Gasteiger partial charge in [-0.2, -0.15) is 0 Å². The van der Waals surface area contributed by atoms with Gasteiger partial charge in [0.2, 0.25) is 0 Å². The van der Waals surface area contributed by atoms with Crippen LogP contribution in [0.4, 0.5) is 0 Å². The highest BCUT2D eigenvalue weighted by atomic mass is 15.1. The molecule has 1 nitrogen and oxygen atoms in total. The number of likely N-dealkylation sites (N-methyl/N-ethyl adjacent to an activating group) is 1. The number of rotatable bonds is 0. The van der Waals surface area contributed by atoms with E-state index in [9.17, 15) is 0 Å². The molecule has 1 atom stereocenters. The minimum atomic E-state index is 0.548. The third kappa shape index (κ3) is 1.37. The van der Waals surface area contributed by atoms with Gasteiger partial charge >= 0.3 is 0 Å². The minimum absolute atomic E-state index is 0.548. The molecule has 0 N–H and O–H groups in total. The molecule has 18 heavy (non-hydrogen) atoms. The molecule has 1 aromatic carbocycles. The normalized spacial score (nSPS) is 29.5. The van der Waals surface area contributed by atoms with Crippen LogP contribution in [0.2, 0.25) is 0 Å². The molecule has 1 spiro atoms. The van der Waals surface area contributed by atoms with Gasteiger partial charge in [0, 0.05) is 12.6 Å². The Labute approximate surface area is 110 Å². The molecule has 0 saturated heterocycles. The van der Waals surface area contributed by atoms with Crippen LogP contribution in [0, 0.1) is 0 Å². The van der Waals surface area contributed by atoms with Crippen molar-refractivity contribution in [2.75, 3.05) is 13.6 Å². The summed E-state index contributed by atoms with van der Waals surface area (Å²) in [5, 5.41) is 0. The third-order valence-corrected chi connectivity index (χ3v) is 5.76. The Hall–Kier alpha value is -0.820. The summed E-state index contributed by atoms with van der Waals surface area (Å²) in [6.07, 6.45) is 9.88. The van der Waals surface area contributed by atoms with Gasteiger partial charge in [0.25, 0.3) is 0 Å². The molecule has 2 aliphatic carbocycles. The molecule has 3 aliphatic rings. The van der Waals surface area contributed by atoms with Crippen LogP contribution in [-0.4, -0.2) is 18.5 Å². The van der Waals surface area contributed by atoms with Gasteiger partial charge in [-0.25, -0.2) is 0 Å². The first-order valence-electron chi connectivity index (χ1n) is 7.63. The Kier molecular flexibility index (Phi) is 2.35. The zero-order valence-corrected chi connectivity index (χ0v) is 11.4. The largest absolute Gasteiger partial charge is 0.299 e. The standard InChI is InChI=1S/C17H23N/c1-18-11-8-13-6-5-7-14-16(13)15(18)12-17(14)9-3-2-4-10-17/h5-7,15H,2-4,8-12H2,1H3. The van der Waals surface area contributed by atoms with E-state index in [0.717, 1.165) is 6.04 Å². The molecule has 1 aliphatic heterocycles. The topological polar surface area (TPSA) is 3.24 Å². The zero-order valence-electron chi connectivity index (χ0n) is 11.4. The van der Waals surface area contributed by atoms with Crippen molar-refractivity contribution in [2.24, 2.45) is 0 Å². The summed E-state index contributed by atoms with van der Waals surface area (Å²) >= 11 is 0. The predicted octanol–water partition coefficient (Wildman–Crippen LogP) is 3.82. The first-order chi connectivity index (χ1) is 8.80. The number of hydrogen-bond acceptors (Lipinski definition) is 1. The number of fused-ring (bicyclic) bond motifs is 1. The molecule has 0 aromatic heterocycles. The van der Waals surface area contributed by atoms with Gasteiger partial charge in [-0.05, 0) is 54.8 Å². The molecule has 0 radical (unpaired) electrons. The molecule has 1 heterocycles. The van der Waals surface area contributed by atoms with Crippen molar-refractivity contribution >= 4 is 0 Å². The summed E-state index contributed by atoms with van der Waals surface area (Å²) in [7, 11) is 2.33. The Balaban J connectivity index is 1.87. The Morgan fingerprint density at radius 1 is 1.17 bits per heavy atom. The number of benzene rings is 1. The molecule has 1 aromatic rings. The van der Waals surface area contributed by atoms with Gasteiger partial charge in [0.05, 0.1) is 0 Å². The van der Waals surface area contributed by atoms with E-state index < -0.39 is 0 Å². The SMILES string of the molecule is CN1CCc2cccc3c2C1CC31CCCCC1. The van der Waals surface area contributed by atoms with E-state index in [1.807, 2.05) is 0 Å². The lowest BCUT2D eigenvalue weighted by Crippen LogP contribution is -2.32. The second-order valence-electron chi connectivity index (χ2n) is 6.67. The van der Waals surface area contributed by atoms with Crippen LogP contribution in [0.3, 0.4) is 0 Å². The van der Waals surface area contributed by atoms with Crippen LogP contribution < -0.4 is 0 Å². The molecule has 0 amide bonds. The fourth-order valence-electron chi connectivity index (χ4n) is 4.80. The van der Waals surface area contributed by atoms with Crippen molar-refractivity contribution in [3.8, 4) is 0 Å². The third-order valence-electron chi connectivity index (χ3n) is 5.76. The molecule has 1 saturated carbocycles. The summed E-state index contributed by atoms with van der Waals surface area (Å²) in [5.41, 5.74) is 5.66. The van der Waals surface area contributed by atoms with Crippen molar-refractivity contribution in [2.45, 2.75) is 56.4 Å². The highest BCUT2D eigenvalue weighted by Gasteiger charge is 2.47. The monoisotopic (exact) mass is 241 g/mol. The van der Waals surface area contributed by atoms with E-state index in [1.165, 1.54) is 51.5 Å². The summed E-state index contributed by atoms with van der Waals surface area (Å²) in [4.78, 5) is 2.61. The smallest absolute Gasteiger partial charge is 0.0359 e. The molecule has 4 rings (SSSR count). The van der Waals surface area contributed by atoms with Crippen LogP contribution in [0.15, 0.2) is 18.2 Å². The van der Waals surface area contributed by atoms with Gasteiger partial charge in [0.1, 0.15) is 0 Å². The molecular weight excluding hydrogens is 218 g/mol. The van der Waals surface area contributed by atoms with E-state index in [1.54, 1.807) is 16.7 Å². The first-order valence-corrected chi connectivity index (χ1v) is 7.63. The molecule has 1 unspecified atom stereocenters. The number of nitrogens with zero attached hydrogens (tertiary/aromatic N) is 1. The summed E-state index contributed by atoms with van der Waals surface area (Å²) < 4.78 is 0. The van der Waals surface area contributed by atoms with E-state index in [2.05, 4.69) is 30.1 Å². The van der Waals surface area contributed by atoms with Crippen LogP contribution >= 0.6 is 0 Å². The van der Waals surface area contributed by atoms with E-state index >= 15 is 0 Å². The Bertz CT molecular complexity index is 470. The fourth-order valence-corrected chi connectivity index (χ4v) is 4.80. The van der Waals surface area contributed by atoms with E-state index in [4.69, 9.17) is 0 Å². The Morgan fingerprint density at radius 2 is 2.00 bits per heavy atom. The quantitative estimate of drug-likeness (QED) is 0.667. The van der Waals surface area contributed by atoms with Crippen LogP contribution in [0.5, 0.6) is 0 Å². The van der Waals surface area contributed by atoms with Gasteiger partial charge in [0.15, 0.2) is 0 Å². The average Bonchev–Trinajstić information content (AvgIpc) is 2.72. The lowest BCUT2D eigenvalue weighted by molar-refractivity contribution is 0.184. The molecule has 0 bridgehead atoms. The van der Waals surface area contributed by atoms with Gasteiger partial charge < -0.3 is 0 Å². The zero-order chi connectivity index (χ0) is 12.2. The van der Waals surface area contributed by atoms with Gasteiger partial charge in [-0.1, -0.05) is 37.5 Å².